The lowest BCUT2D eigenvalue weighted by Gasteiger charge is -2.15. The lowest BCUT2D eigenvalue weighted by atomic mass is 10.1. The lowest BCUT2D eigenvalue weighted by Crippen LogP contribution is -2.33. The van der Waals surface area contributed by atoms with Crippen LogP contribution in [0, 0.1) is 18.3 Å². The first-order valence-electron chi connectivity index (χ1n) is 8.47. The van der Waals surface area contributed by atoms with Crippen molar-refractivity contribution in [3.8, 4) is 11.8 Å². The van der Waals surface area contributed by atoms with Crippen molar-refractivity contribution < 1.29 is 4.79 Å². The first-order valence-corrected chi connectivity index (χ1v) is 8.47. The molecule has 1 heterocycles. The smallest absolute Gasteiger partial charge is 0.276 e. The van der Waals surface area contributed by atoms with E-state index in [0.29, 0.717) is 11.3 Å². The van der Waals surface area contributed by atoms with E-state index in [9.17, 15) is 9.59 Å². The molecule has 2 aromatic carbocycles. The summed E-state index contributed by atoms with van der Waals surface area (Å²) in [6.07, 6.45) is 0. The number of nitrogens with zero attached hydrogens (tertiary/aromatic N) is 3. The summed E-state index contributed by atoms with van der Waals surface area (Å²) in [5, 5.41) is 15.9. The summed E-state index contributed by atoms with van der Waals surface area (Å²) >= 11 is 0. The van der Waals surface area contributed by atoms with Gasteiger partial charge in [-0.05, 0) is 43.7 Å². The SMILES string of the molecule is Cc1cc(=O)c(C(=O)NC(C)c2ccc(C#N)cc2)nn1-c1ccccc1. The van der Waals surface area contributed by atoms with E-state index in [1.54, 1.807) is 35.9 Å². The molecule has 3 aromatic rings. The minimum atomic E-state index is -0.540. The molecule has 134 valence electrons. The van der Waals surface area contributed by atoms with Gasteiger partial charge in [0.2, 0.25) is 5.43 Å². The molecule has 1 atom stereocenters. The zero-order valence-electron chi connectivity index (χ0n) is 15.0. The quantitative estimate of drug-likeness (QED) is 0.777. The summed E-state index contributed by atoms with van der Waals surface area (Å²) < 4.78 is 1.57. The van der Waals surface area contributed by atoms with Crippen LogP contribution in [0.25, 0.3) is 5.69 Å². The second-order valence-corrected chi connectivity index (χ2v) is 6.17. The Morgan fingerprint density at radius 3 is 2.44 bits per heavy atom. The number of nitrogens with one attached hydrogen (secondary N) is 1. The Bertz CT molecular complexity index is 1060. The van der Waals surface area contributed by atoms with Gasteiger partial charge in [-0.1, -0.05) is 30.3 Å². The van der Waals surface area contributed by atoms with E-state index >= 15 is 0 Å². The van der Waals surface area contributed by atoms with Crippen molar-refractivity contribution in [2.45, 2.75) is 19.9 Å². The number of hydrogen-bond acceptors (Lipinski definition) is 4. The Morgan fingerprint density at radius 1 is 1.15 bits per heavy atom. The fraction of sp³-hybridized carbons (Fsp3) is 0.143. The van der Waals surface area contributed by atoms with E-state index in [0.717, 1.165) is 11.3 Å². The molecule has 1 amide bonds. The molecule has 0 aliphatic rings. The maximum absolute atomic E-state index is 12.6. The van der Waals surface area contributed by atoms with E-state index in [-0.39, 0.29) is 11.7 Å². The molecule has 1 unspecified atom stereocenters. The Morgan fingerprint density at radius 2 is 1.81 bits per heavy atom. The molecule has 6 heteroatoms. The predicted molar refractivity (Wildman–Crippen MR) is 102 cm³/mol. The normalized spacial score (nSPS) is 11.4. The molecule has 1 aromatic heterocycles. The van der Waals surface area contributed by atoms with Crippen molar-refractivity contribution in [3.05, 3.63) is 93.4 Å². The molecule has 0 aliphatic carbocycles. The highest BCUT2D eigenvalue weighted by Crippen LogP contribution is 2.14. The largest absolute Gasteiger partial charge is 0.344 e. The zero-order valence-corrected chi connectivity index (χ0v) is 15.0. The van der Waals surface area contributed by atoms with E-state index in [4.69, 9.17) is 5.26 Å². The molecule has 1 N–H and O–H groups in total. The number of rotatable bonds is 4. The van der Waals surface area contributed by atoms with Gasteiger partial charge in [0.05, 0.1) is 23.4 Å². The molecule has 0 spiro atoms. The molecule has 0 bridgehead atoms. The van der Waals surface area contributed by atoms with Gasteiger partial charge in [-0.15, -0.1) is 0 Å². The zero-order chi connectivity index (χ0) is 19.4. The number of nitriles is 1. The van der Waals surface area contributed by atoms with Crippen LogP contribution >= 0.6 is 0 Å². The van der Waals surface area contributed by atoms with Crippen LogP contribution in [0.3, 0.4) is 0 Å². The molecule has 0 radical (unpaired) electrons. The fourth-order valence-electron chi connectivity index (χ4n) is 2.73. The topological polar surface area (TPSA) is 87.8 Å². The lowest BCUT2D eigenvalue weighted by molar-refractivity contribution is 0.0932. The molecule has 27 heavy (non-hydrogen) atoms. The Hall–Kier alpha value is -3.72. The van der Waals surface area contributed by atoms with Crippen LogP contribution in [0.2, 0.25) is 0 Å². The first kappa shape index (κ1) is 18.1. The van der Waals surface area contributed by atoms with Crippen molar-refractivity contribution in [2.75, 3.05) is 0 Å². The molecule has 0 aliphatic heterocycles. The molecule has 0 saturated heterocycles. The van der Waals surface area contributed by atoms with E-state index in [2.05, 4.69) is 16.5 Å². The number of benzene rings is 2. The predicted octanol–water partition coefficient (Wildman–Crippen LogP) is 2.90. The van der Waals surface area contributed by atoms with E-state index < -0.39 is 11.3 Å². The van der Waals surface area contributed by atoms with Crippen molar-refractivity contribution >= 4 is 5.91 Å². The third-order valence-corrected chi connectivity index (χ3v) is 4.21. The molecule has 6 nitrogen and oxygen atoms in total. The molecular formula is C21H18N4O2. The summed E-state index contributed by atoms with van der Waals surface area (Å²) in [5.41, 5.74) is 2.20. The summed E-state index contributed by atoms with van der Waals surface area (Å²) in [7, 11) is 0. The van der Waals surface area contributed by atoms with Crippen molar-refractivity contribution in [3.63, 3.8) is 0 Å². The van der Waals surface area contributed by atoms with Gasteiger partial charge in [-0.25, -0.2) is 4.68 Å². The van der Waals surface area contributed by atoms with Crippen LogP contribution in [0.5, 0.6) is 0 Å². The maximum Gasteiger partial charge on any atom is 0.276 e. The van der Waals surface area contributed by atoms with Crippen LogP contribution in [0.4, 0.5) is 0 Å². The van der Waals surface area contributed by atoms with Gasteiger partial charge in [-0.3, -0.25) is 9.59 Å². The minimum absolute atomic E-state index is 0.162. The minimum Gasteiger partial charge on any atom is -0.344 e. The average molecular weight is 358 g/mol. The first-order chi connectivity index (χ1) is 13.0. The fourth-order valence-corrected chi connectivity index (χ4v) is 2.73. The average Bonchev–Trinajstić information content (AvgIpc) is 2.68. The highest BCUT2D eigenvalue weighted by atomic mass is 16.2. The number of carbonyl (C=O) groups is 1. The molecule has 3 rings (SSSR count). The number of hydrogen-bond donors (Lipinski definition) is 1. The number of aryl methyl sites for hydroxylation is 1. The standard InChI is InChI=1S/C21H18N4O2/c1-14-12-19(26)20(24-25(14)18-6-4-3-5-7-18)21(27)23-15(2)17-10-8-16(13-22)9-11-17/h3-12,15H,1-2H3,(H,23,27). The summed E-state index contributed by atoms with van der Waals surface area (Å²) in [4.78, 5) is 24.9. The summed E-state index contributed by atoms with van der Waals surface area (Å²) in [6, 6.07) is 19.3. The highest BCUT2D eigenvalue weighted by Gasteiger charge is 2.18. The van der Waals surface area contributed by atoms with Crippen LogP contribution in [0.15, 0.2) is 65.5 Å². The molecule has 0 saturated carbocycles. The van der Waals surface area contributed by atoms with Gasteiger partial charge < -0.3 is 5.32 Å². The number of carbonyl (C=O) groups excluding carboxylic acids is 1. The second-order valence-electron chi connectivity index (χ2n) is 6.17. The van der Waals surface area contributed by atoms with Gasteiger partial charge in [0, 0.05) is 11.8 Å². The number of aromatic nitrogens is 2. The summed E-state index contributed by atoms with van der Waals surface area (Å²) in [6.45, 7) is 3.58. The summed E-state index contributed by atoms with van der Waals surface area (Å²) in [5.74, 6) is -0.540. The van der Waals surface area contributed by atoms with Crippen LogP contribution in [0.1, 0.15) is 40.3 Å². The van der Waals surface area contributed by atoms with Crippen LogP contribution in [-0.2, 0) is 0 Å². The van der Waals surface area contributed by atoms with Crippen LogP contribution < -0.4 is 10.7 Å². The van der Waals surface area contributed by atoms with Crippen molar-refractivity contribution in [1.82, 2.24) is 15.1 Å². The Labute approximate surface area is 156 Å². The second kappa shape index (κ2) is 7.67. The number of amides is 1. The van der Waals surface area contributed by atoms with Gasteiger partial charge in [0.1, 0.15) is 0 Å². The van der Waals surface area contributed by atoms with Crippen molar-refractivity contribution in [1.29, 1.82) is 5.26 Å². The monoisotopic (exact) mass is 358 g/mol. The molecular weight excluding hydrogens is 340 g/mol. The van der Waals surface area contributed by atoms with Crippen LogP contribution in [-0.4, -0.2) is 15.7 Å². The maximum atomic E-state index is 12.6. The van der Waals surface area contributed by atoms with E-state index in [1.807, 2.05) is 37.3 Å². The van der Waals surface area contributed by atoms with Gasteiger partial charge in [0.25, 0.3) is 5.91 Å². The van der Waals surface area contributed by atoms with Gasteiger partial charge in [0.15, 0.2) is 5.69 Å². The highest BCUT2D eigenvalue weighted by molar-refractivity contribution is 5.92. The van der Waals surface area contributed by atoms with Gasteiger partial charge >= 0.3 is 0 Å². The third kappa shape index (κ3) is 3.93. The molecule has 0 fully saturated rings. The third-order valence-electron chi connectivity index (χ3n) is 4.21. The van der Waals surface area contributed by atoms with Gasteiger partial charge in [-0.2, -0.15) is 10.4 Å². The number of para-hydroxylation sites is 1. The Kier molecular flexibility index (Phi) is 5.13. The van der Waals surface area contributed by atoms with Crippen molar-refractivity contribution in [2.24, 2.45) is 0 Å². The van der Waals surface area contributed by atoms with E-state index in [1.165, 1.54) is 6.07 Å². The Balaban J connectivity index is 1.88.